The molecule has 14 saturated heterocycles. The quantitative estimate of drug-likeness (QED) is 0.251. The summed E-state index contributed by atoms with van der Waals surface area (Å²) in [7, 11) is 11.1. The van der Waals surface area contributed by atoms with Crippen molar-refractivity contribution in [3.8, 4) is 0 Å². The second-order valence-electron chi connectivity index (χ2n) is 51.2. The van der Waals surface area contributed by atoms with Crippen molar-refractivity contribution in [2.24, 2.45) is 73.9 Å². The van der Waals surface area contributed by atoms with E-state index in [9.17, 15) is 0 Å². The first kappa shape index (κ1) is 90.6. The highest BCUT2D eigenvalue weighted by atomic mass is 15.4. The Hall–Kier alpha value is -0.640. The van der Waals surface area contributed by atoms with Crippen LogP contribution in [-0.4, -0.2) is 374 Å². The maximum absolute atomic E-state index is 3.40. The maximum Gasteiger partial charge on any atom is 0.0350 e. The molecule has 18 aliphatic rings. The Balaban J connectivity index is 0.000000121. The highest BCUT2D eigenvalue weighted by Gasteiger charge is 2.60. The van der Waals surface area contributed by atoms with Crippen molar-refractivity contribution in [1.82, 2.24) is 78.8 Å². The molecule has 650 valence electrons. The van der Waals surface area contributed by atoms with E-state index in [4.69, 9.17) is 0 Å². The zero-order valence-electron chi connectivity index (χ0n) is 80.1. The third-order valence-corrected chi connectivity index (χ3v) is 34.2. The van der Waals surface area contributed by atoms with Crippen LogP contribution in [0.3, 0.4) is 0 Å². The van der Waals surface area contributed by atoms with Gasteiger partial charge >= 0.3 is 0 Å². The first-order chi connectivity index (χ1) is 51.5. The Bertz CT molecular complexity index is 2900. The second-order valence-corrected chi connectivity index (χ2v) is 51.2. The first-order valence-corrected chi connectivity index (χ1v) is 47.2. The van der Waals surface area contributed by atoms with E-state index in [-0.39, 0.29) is 0 Å². The number of rotatable bonds is 8. The molecule has 14 aliphatic heterocycles. The number of fused-ring (bicyclic) bond motifs is 5. The lowest BCUT2D eigenvalue weighted by Gasteiger charge is -2.63. The number of nitrogens with zero attached hydrogens (tertiary/aromatic N) is 15. The first-order valence-electron chi connectivity index (χ1n) is 47.2. The monoisotopic (exact) mass is 1560 g/mol. The molecular formula is C96H186N16. The Morgan fingerprint density at radius 2 is 0.670 bits per heavy atom. The van der Waals surface area contributed by atoms with E-state index >= 15 is 0 Å². The zero-order chi connectivity index (χ0) is 82.2. The van der Waals surface area contributed by atoms with Crippen molar-refractivity contribution in [3.63, 3.8) is 0 Å². The Kier molecular flexibility index (Phi) is 26.6. The van der Waals surface area contributed by atoms with Gasteiger partial charge in [-0.1, -0.05) is 41.0 Å². The number of hydrogen-bond donors (Lipinski definition) is 1. The van der Waals surface area contributed by atoms with Crippen molar-refractivity contribution in [3.05, 3.63) is 0 Å². The molecule has 0 amide bonds. The Morgan fingerprint density at radius 3 is 0.929 bits per heavy atom. The molecule has 1 unspecified atom stereocenters. The Labute approximate surface area is 693 Å². The fourth-order valence-electron chi connectivity index (χ4n) is 24.3. The van der Waals surface area contributed by atoms with Gasteiger partial charge in [-0.05, 0) is 319 Å². The van der Waals surface area contributed by atoms with Crippen LogP contribution in [0, 0.1) is 73.9 Å². The van der Waals surface area contributed by atoms with Crippen LogP contribution in [0.2, 0.25) is 0 Å². The van der Waals surface area contributed by atoms with E-state index < -0.39 is 0 Å². The minimum absolute atomic E-state index is 0.342. The van der Waals surface area contributed by atoms with Crippen molar-refractivity contribution in [2.75, 3.05) is 225 Å². The summed E-state index contributed by atoms with van der Waals surface area (Å²) in [6, 6.07) is 5.21. The highest BCUT2D eigenvalue weighted by Crippen LogP contribution is 2.55. The second kappa shape index (κ2) is 32.9. The molecule has 0 bridgehead atoms. The Morgan fingerprint density at radius 1 is 0.348 bits per heavy atom. The van der Waals surface area contributed by atoms with Gasteiger partial charge in [-0.15, -0.1) is 0 Å². The van der Waals surface area contributed by atoms with Gasteiger partial charge in [0.2, 0.25) is 0 Å². The number of likely N-dealkylation sites (N-methyl/N-ethyl adjacent to an activating group) is 1. The van der Waals surface area contributed by atoms with Crippen LogP contribution in [0.15, 0.2) is 0 Å². The van der Waals surface area contributed by atoms with E-state index in [0.717, 1.165) is 77.7 Å². The molecule has 0 aromatic rings. The molecule has 11 atom stereocenters. The molecule has 4 saturated carbocycles. The minimum Gasteiger partial charge on any atom is -0.314 e. The molecule has 2 spiro atoms. The van der Waals surface area contributed by atoms with Gasteiger partial charge in [-0.25, -0.2) is 0 Å². The van der Waals surface area contributed by atoms with Crippen LogP contribution in [0.1, 0.15) is 245 Å². The van der Waals surface area contributed by atoms with E-state index in [1.807, 2.05) is 0 Å². The van der Waals surface area contributed by atoms with Gasteiger partial charge in [0.1, 0.15) is 0 Å². The van der Waals surface area contributed by atoms with E-state index in [0.29, 0.717) is 71.3 Å². The molecule has 18 rings (SSSR count). The third-order valence-electron chi connectivity index (χ3n) is 34.2. The summed E-state index contributed by atoms with van der Waals surface area (Å²) >= 11 is 0. The molecule has 1 N–H and O–H groups in total. The summed E-state index contributed by atoms with van der Waals surface area (Å²) < 4.78 is 0. The average Bonchev–Trinajstić information content (AvgIpc) is 1.47. The van der Waals surface area contributed by atoms with Crippen molar-refractivity contribution in [2.45, 2.75) is 320 Å². The molecule has 16 heteroatoms. The molecular weight excluding hydrogens is 1380 g/mol. The summed E-state index contributed by atoms with van der Waals surface area (Å²) in [5.41, 5.74) is 6.17. The van der Waals surface area contributed by atoms with E-state index in [1.54, 1.807) is 0 Å². The topological polar surface area (TPSA) is 60.6 Å². The van der Waals surface area contributed by atoms with Gasteiger partial charge in [0.05, 0.1) is 0 Å². The van der Waals surface area contributed by atoms with Gasteiger partial charge in [-0.3, -0.25) is 53.9 Å². The average molecular weight is 1560 g/mol. The molecule has 0 aromatic carbocycles. The van der Waals surface area contributed by atoms with Crippen molar-refractivity contribution in [1.29, 1.82) is 0 Å². The summed E-state index contributed by atoms with van der Waals surface area (Å²) in [6.45, 7) is 102. The summed E-state index contributed by atoms with van der Waals surface area (Å²) in [6.07, 6.45) is 13.1. The molecule has 14 heterocycles. The standard InChI is InChI=1S/C15H29N3.2C15H28N2.C14H27N3.C13H26N2.2C12H24N2/c1-14(2,3)18-7-12-6-17(10-15(12,4)11-18)13-8-16(5)9-13;1-11(12-5-6-12)16-7-13-9-17(15(2,3)4)10-14(13)8-16;1-14(2,3)17-9-12-8-16(13-6-5-7-13)10-15(12,4)11-17;1-13(2,3)17-8-11-7-16(12-5-15-6-12)9-14(11,4)10-17;1-6-14-7-11-8-15(12(2,3)4)10-13(11,5)9-14;2*1-11(2,3)14-8-12(9-14)6-10(7-12)13(4)5/h12-13H,6-11H2,1-5H3;11-14H,5-10H2,1-4H3;12-13H,5-11H2,1-4H3;11-12,15H,5-10H2,1-4H3;11H,6-10H2,1-5H3;2*10H,6-9H2,1-5H3/t12-,15+;11?,13-,14+;12-,15+;11-,14+;11-,13+;;/m1.111../s1. The van der Waals surface area contributed by atoms with Crippen LogP contribution >= 0.6 is 0 Å². The molecule has 0 aromatic heterocycles. The molecule has 4 aliphatic carbocycles. The van der Waals surface area contributed by atoms with E-state index in [1.165, 1.54) is 248 Å². The van der Waals surface area contributed by atoms with Gasteiger partial charge in [0, 0.05) is 258 Å². The largest absolute Gasteiger partial charge is 0.314 e. The van der Waals surface area contributed by atoms with Crippen LogP contribution in [0.5, 0.6) is 0 Å². The molecule has 18 fully saturated rings. The van der Waals surface area contributed by atoms with E-state index in [2.05, 4.69) is 301 Å². The third kappa shape index (κ3) is 20.5. The van der Waals surface area contributed by atoms with Crippen molar-refractivity contribution < 1.29 is 0 Å². The van der Waals surface area contributed by atoms with Crippen LogP contribution in [0.25, 0.3) is 0 Å². The highest BCUT2D eigenvalue weighted by molar-refractivity contribution is 5.14. The van der Waals surface area contributed by atoms with Gasteiger partial charge in [-0.2, -0.15) is 0 Å². The number of likely N-dealkylation sites (tertiary alicyclic amines) is 13. The lowest BCUT2D eigenvalue weighted by atomic mass is 9.59. The zero-order valence-corrected chi connectivity index (χ0v) is 80.1. The predicted octanol–water partition coefficient (Wildman–Crippen LogP) is 13.1. The van der Waals surface area contributed by atoms with Crippen LogP contribution in [0.4, 0.5) is 0 Å². The maximum atomic E-state index is 3.40. The molecule has 112 heavy (non-hydrogen) atoms. The lowest BCUT2D eigenvalue weighted by molar-refractivity contribution is -0.133. The fourth-order valence-corrected chi connectivity index (χ4v) is 24.3. The lowest BCUT2D eigenvalue weighted by Crippen LogP contribution is -2.69. The normalized spacial score (nSPS) is 37.1. The summed E-state index contributed by atoms with van der Waals surface area (Å²) in [5, 5.41) is 3.40. The van der Waals surface area contributed by atoms with Crippen LogP contribution in [-0.2, 0) is 0 Å². The van der Waals surface area contributed by atoms with Gasteiger partial charge in [0.25, 0.3) is 0 Å². The molecule has 0 radical (unpaired) electrons. The van der Waals surface area contributed by atoms with Gasteiger partial charge in [0.15, 0.2) is 0 Å². The van der Waals surface area contributed by atoms with Gasteiger partial charge < -0.3 is 24.9 Å². The van der Waals surface area contributed by atoms with Crippen molar-refractivity contribution >= 4 is 0 Å². The smallest absolute Gasteiger partial charge is 0.0350 e. The summed E-state index contributed by atoms with van der Waals surface area (Å²) in [5.74, 6) is 6.54. The number of hydrogen-bond acceptors (Lipinski definition) is 16. The fraction of sp³-hybridized carbons (Fsp3) is 1.00. The minimum atomic E-state index is 0.342. The van der Waals surface area contributed by atoms with Crippen LogP contribution < -0.4 is 5.32 Å². The predicted molar refractivity (Wildman–Crippen MR) is 477 cm³/mol. The summed E-state index contributed by atoms with van der Waals surface area (Å²) in [4.78, 5) is 39.6. The molecule has 16 nitrogen and oxygen atoms in total. The SMILES string of the molecule is CC(C)(C)N1C[C@H]2CN(C3CCC3)C[C@@]2(C)C1.CC(C)(C)N1C[C@H]2CN(C3CNC3)C[C@@]2(C)C1.CC(C1CC1)N1C[C@@H]2CN(C(C)(C)C)C[C@@H]2C1.CCN1C[C@@H]2CN(C(C)(C)C)C[C@]2(C)C1.CN(C)C1CC2(C1)CN(C(C)(C)C)C2.CN(C)C1CC2(C1)CN(C(C)(C)C)C2.CN1CC(N2C[C@@H]3CN(C(C)(C)C)C[C@]3(C)C2)C1. The number of nitrogens with one attached hydrogen (secondary N) is 1.